The van der Waals surface area contributed by atoms with E-state index in [-0.39, 0.29) is 40.8 Å². The average molecular weight is 1000 g/mol. The molecular weight excluding hydrogens is 924 g/mol. The van der Waals surface area contributed by atoms with E-state index < -0.39 is 14.2 Å². The minimum atomic E-state index is -1.62. The van der Waals surface area contributed by atoms with Crippen LogP contribution in [0.1, 0.15) is 230 Å². The fourth-order valence-corrected chi connectivity index (χ4v) is 14.3. The zero-order valence-electron chi connectivity index (χ0n) is 39.7. The molecule has 0 radical (unpaired) electrons. The van der Waals surface area contributed by atoms with Gasteiger partial charge in [0.05, 0.1) is 0 Å². The van der Waals surface area contributed by atoms with Crippen LogP contribution in [-0.4, -0.2) is 80.2 Å². The van der Waals surface area contributed by atoms with Crippen LogP contribution in [0.4, 0.5) is 0 Å². The van der Waals surface area contributed by atoms with E-state index in [9.17, 15) is 20.1 Å². The second-order valence-corrected chi connectivity index (χ2v) is 21.8. The molecule has 346 valence electrons. The summed E-state index contributed by atoms with van der Waals surface area (Å²) in [5.41, 5.74) is 13.4. The molecule has 0 saturated carbocycles. The van der Waals surface area contributed by atoms with Crippen LogP contribution in [0.15, 0.2) is 24.3 Å². The number of unbranched alkanes of at least 4 members (excludes halogenated alkanes) is 20. The fourth-order valence-electron chi connectivity index (χ4n) is 11.9. The van der Waals surface area contributed by atoms with E-state index >= 15 is 0 Å². The molecule has 0 aliphatic heterocycles. The number of aromatic nitrogens is 4. The van der Waals surface area contributed by atoms with Crippen molar-refractivity contribution in [3.8, 4) is 22.3 Å². The summed E-state index contributed by atoms with van der Waals surface area (Å²) < 4.78 is 20.0. The van der Waals surface area contributed by atoms with Crippen molar-refractivity contribution in [2.75, 3.05) is 0 Å². The predicted molar refractivity (Wildman–Crippen MR) is 271 cm³/mol. The van der Waals surface area contributed by atoms with Gasteiger partial charge in [0.1, 0.15) is 0 Å². The van der Waals surface area contributed by atoms with Gasteiger partial charge in [-0.3, -0.25) is 0 Å². The predicted octanol–water partition coefficient (Wildman–Crippen LogP) is 10.6. The third-order valence-corrected chi connectivity index (χ3v) is 17.5. The van der Waals surface area contributed by atoms with Gasteiger partial charge in [0, 0.05) is 0 Å². The van der Waals surface area contributed by atoms with Gasteiger partial charge in [-0.1, -0.05) is 27.7 Å². The molecule has 0 unspecified atom stereocenters. The van der Waals surface area contributed by atoms with Gasteiger partial charge < -0.3 is 0 Å². The van der Waals surface area contributed by atoms with Crippen LogP contribution in [0.2, 0.25) is 0 Å². The number of hydrogen-bond acceptors (Lipinski definition) is 8. The summed E-state index contributed by atoms with van der Waals surface area (Å²) in [6, 6.07) is 9.40. The third kappa shape index (κ3) is 10.3. The first-order valence-electron chi connectivity index (χ1n) is 25.8. The van der Waals surface area contributed by atoms with E-state index in [1.54, 1.807) is 0 Å². The molecule has 64 heavy (non-hydrogen) atoms. The number of benzene rings is 3. The molecule has 0 amide bonds. The van der Waals surface area contributed by atoms with E-state index in [1.807, 2.05) is 0 Å². The molecule has 2 heterocycles. The van der Waals surface area contributed by atoms with Crippen LogP contribution >= 0.6 is 0 Å². The first kappa shape index (κ1) is 49.8. The van der Waals surface area contributed by atoms with Crippen molar-refractivity contribution in [2.24, 2.45) is 0 Å². The van der Waals surface area contributed by atoms with Gasteiger partial charge in [-0.05, 0) is 0 Å². The monoisotopic (exact) mass is 1000 g/mol. The maximum atomic E-state index is 11.0. The summed E-state index contributed by atoms with van der Waals surface area (Å²) in [7, 11) is -3.25. The van der Waals surface area contributed by atoms with Crippen molar-refractivity contribution in [2.45, 2.75) is 218 Å². The summed E-state index contributed by atoms with van der Waals surface area (Å²) in [5.74, 6) is 0. The Bertz CT molecular complexity index is 2090. The first-order chi connectivity index (χ1) is 31.3. The van der Waals surface area contributed by atoms with E-state index in [1.165, 1.54) is 173 Å². The molecule has 0 bridgehead atoms. The minimum absolute atomic E-state index is 0.321. The Morgan fingerprint density at radius 2 is 0.656 bits per heavy atom. The van der Waals surface area contributed by atoms with Crippen molar-refractivity contribution < 1.29 is 20.1 Å². The standard InChI is InChI=1S/C52H76B2N4O4Se2/c1-5-9-13-17-21-25-29-51(30-26-22-18-14-10-6-2)39-33-38-40(34-37(39)45-41(51)35-43(53(59)60)47-49(45)57-63-55-47)52(31-27-23-19-15-11-7-3,32-28-24-20-16-12-8-4)42-36-44(54(61)62)48-50(46(38)42)58-64-56-48/h33-36,59-62H,5-32H2,1-4H3. The van der Waals surface area contributed by atoms with Gasteiger partial charge in [-0.25, -0.2) is 0 Å². The molecule has 3 aromatic carbocycles. The summed E-state index contributed by atoms with van der Waals surface area (Å²) in [6.45, 7) is 9.12. The molecule has 0 atom stereocenters. The number of fused-ring (bicyclic) bond motifs is 10. The molecular formula is C52H76B2N4O4Se2. The van der Waals surface area contributed by atoms with E-state index in [2.05, 4.69) is 52.0 Å². The van der Waals surface area contributed by atoms with Crippen LogP contribution in [0, 0.1) is 0 Å². The van der Waals surface area contributed by atoms with Gasteiger partial charge in [0.2, 0.25) is 0 Å². The summed E-state index contributed by atoms with van der Waals surface area (Å²) in [5, 5.41) is 43.9. The molecule has 0 spiro atoms. The van der Waals surface area contributed by atoms with Crippen LogP contribution in [0.3, 0.4) is 0 Å². The zero-order valence-corrected chi connectivity index (χ0v) is 43.1. The normalized spacial score (nSPS) is 14.4. The Hall–Kier alpha value is -2.13. The van der Waals surface area contributed by atoms with Crippen LogP contribution < -0.4 is 10.9 Å². The zero-order chi connectivity index (χ0) is 45.1. The van der Waals surface area contributed by atoms with Crippen molar-refractivity contribution in [3.63, 3.8) is 0 Å². The first-order valence-corrected chi connectivity index (χ1v) is 28.9. The topological polar surface area (TPSA) is 132 Å². The van der Waals surface area contributed by atoms with Crippen molar-refractivity contribution in [1.29, 1.82) is 0 Å². The van der Waals surface area contributed by atoms with Crippen LogP contribution in [-0.2, 0) is 10.8 Å². The fraction of sp³-hybridized carbons (Fsp3) is 0.654. The Morgan fingerprint density at radius 1 is 0.375 bits per heavy atom. The summed E-state index contributed by atoms with van der Waals surface area (Å²) >= 11 is -0.710. The molecule has 0 saturated heterocycles. The van der Waals surface area contributed by atoms with E-state index in [4.69, 9.17) is 15.9 Å². The summed E-state index contributed by atoms with van der Waals surface area (Å²) in [6.07, 6.45) is 33.1. The number of hydrogen-bond donors (Lipinski definition) is 4. The second kappa shape index (κ2) is 23.7. The van der Waals surface area contributed by atoms with Gasteiger partial charge in [0.15, 0.2) is 0 Å². The number of rotatable bonds is 30. The van der Waals surface area contributed by atoms with Crippen LogP contribution in [0.25, 0.3) is 44.3 Å². The Labute approximate surface area is 398 Å². The molecule has 12 heteroatoms. The van der Waals surface area contributed by atoms with Gasteiger partial charge in [-0.15, -0.1) is 0 Å². The van der Waals surface area contributed by atoms with E-state index in [0.29, 0.717) is 22.0 Å². The SMILES string of the molecule is CCCCCCCCC1(CCCCCCCC)c2cc3c(cc2-c2c1cc(B(O)O)c1n[se]nc21)C(CCCCCCCC)(CCCCCCCC)c1cc(B(O)O)c2n[se]nc2c1-3. The Morgan fingerprint density at radius 3 is 0.953 bits per heavy atom. The molecule has 8 nitrogen and oxygen atoms in total. The molecule has 7 rings (SSSR count). The Kier molecular flexibility index (Phi) is 18.5. The molecule has 2 aromatic heterocycles. The Balaban J connectivity index is 1.46. The van der Waals surface area contributed by atoms with Crippen molar-refractivity contribution in [1.82, 2.24) is 15.9 Å². The van der Waals surface area contributed by atoms with Gasteiger partial charge in [0.25, 0.3) is 0 Å². The quantitative estimate of drug-likeness (QED) is 0.0264. The average Bonchev–Trinajstić information content (AvgIpc) is 4.08. The third-order valence-electron chi connectivity index (χ3n) is 15.3. The van der Waals surface area contributed by atoms with Crippen LogP contribution in [0.5, 0.6) is 0 Å². The molecule has 2 aliphatic carbocycles. The molecule has 5 aromatic rings. The maximum absolute atomic E-state index is 11.0. The number of nitrogens with zero attached hydrogens (tertiary/aromatic N) is 4. The van der Waals surface area contributed by atoms with Gasteiger partial charge >= 0.3 is 373 Å². The van der Waals surface area contributed by atoms with E-state index in [0.717, 1.165) is 62.4 Å². The molecule has 4 N–H and O–H groups in total. The molecule has 2 aliphatic rings. The second-order valence-electron chi connectivity index (χ2n) is 19.6. The van der Waals surface area contributed by atoms with Crippen molar-refractivity contribution >= 4 is 77.2 Å². The molecule has 0 fully saturated rings. The summed E-state index contributed by atoms with van der Waals surface area (Å²) in [4.78, 5) is 0. The van der Waals surface area contributed by atoms with Crippen molar-refractivity contribution in [3.05, 3.63) is 46.5 Å². The van der Waals surface area contributed by atoms with Gasteiger partial charge in [-0.2, -0.15) is 0 Å².